The predicted octanol–water partition coefficient (Wildman–Crippen LogP) is 3.31. The van der Waals surface area contributed by atoms with Crippen molar-refractivity contribution in [2.24, 2.45) is 0 Å². The molecule has 0 radical (unpaired) electrons. The molecule has 0 saturated heterocycles. The quantitative estimate of drug-likeness (QED) is 0.680. The number of fused-ring (bicyclic) bond motifs is 1. The average molecular weight is 269 g/mol. The molecule has 0 N–H and O–H groups in total. The molecule has 3 aromatic rings. The molecule has 0 aliphatic rings. The van der Waals surface area contributed by atoms with Crippen LogP contribution in [-0.4, -0.2) is 10.2 Å². The first-order chi connectivity index (χ1) is 9.24. The molecule has 2 aromatic carbocycles. The van der Waals surface area contributed by atoms with Gasteiger partial charge in [-0.15, -0.1) is 10.2 Å². The van der Waals surface area contributed by atoms with Crippen LogP contribution in [0, 0.1) is 0 Å². The van der Waals surface area contributed by atoms with Crippen LogP contribution in [0.25, 0.3) is 22.0 Å². The zero-order valence-corrected chi connectivity index (χ0v) is 10.6. The van der Waals surface area contributed by atoms with Crippen LogP contribution in [0.1, 0.15) is 0 Å². The van der Waals surface area contributed by atoms with Crippen molar-refractivity contribution in [3.63, 3.8) is 0 Å². The predicted molar refractivity (Wildman–Crippen MR) is 76.3 cm³/mol. The molecule has 0 aliphatic carbocycles. The topological polar surface area (TPSA) is 42.9 Å². The normalized spacial score (nSPS) is 10.6. The Bertz CT molecular complexity index is 803. The Kier molecular flexibility index (Phi) is 2.97. The molecule has 0 saturated carbocycles. The maximum absolute atomic E-state index is 11.7. The largest absolute Gasteiger partial charge is 0.288 e. The van der Waals surface area contributed by atoms with Crippen molar-refractivity contribution in [1.82, 2.24) is 10.2 Å². The van der Waals surface area contributed by atoms with E-state index in [1.54, 1.807) is 18.2 Å². The Morgan fingerprint density at radius 3 is 2.47 bits per heavy atom. The fraction of sp³-hybridized carbons (Fsp3) is 0. The number of hydrogen-bond donors (Lipinski definition) is 0. The summed E-state index contributed by atoms with van der Waals surface area (Å²) in [5, 5.41) is 9.00. The Morgan fingerprint density at radius 2 is 1.68 bits per heavy atom. The van der Waals surface area contributed by atoms with E-state index in [0.717, 1.165) is 16.5 Å². The number of aromatic nitrogens is 2. The molecule has 0 amide bonds. The van der Waals surface area contributed by atoms with Gasteiger partial charge in [0, 0.05) is 16.5 Å². The van der Waals surface area contributed by atoms with E-state index in [1.165, 1.54) is 6.07 Å². The molecule has 0 aliphatic heterocycles. The van der Waals surface area contributed by atoms with Crippen LogP contribution in [0.4, 0.5) is 0 Å². The van der Waals surface area contributed by atoms with Crippen LogP contribution >= 0.6 is 11.6 Å². The Labute approximate surface area is 114 Å². The summed E-state index contributed by atoms with van der Waals surface area (Å²) in [6.07, 6.45) is 0. The molecular weight excluding hydrogens is 260 g/mol. The lowest BCUT2D eigenvalue weighted by molar-refractivity contribution is 1.04. The summed E-state index contributed by atoms with van der Waals surface area (Å²) >= 11 is 6.03. The van der Waals surface area contributed by atoms with E-state index in [1.807, 2.05) is 30.3 Å². The number of benzene rings is 2. The lowest BCUT2D eigenvalue weighted by atomic mass is 10.0. The molecule has 19 heavy (non-hydrogen) atoms. The third-order valence-corrected chi connectivity index (χ3v) is 3.09. The van der Waals surface area contributed by atoms with E-state index in [-0.39, 0.29) is 5.56 Å². The van der Waals surface area contributed by atoms with Crippen molar-refractivity contribution < 1.29 is 0 Å². The van der Waals surface area contributed by atoms with E-state index in [4.69, 9.17) is 11.6 Å². The molecule has 0 bridgehead atoms. The van der Waals surface area contributed by atoms with Crippen molar-refractivity contribution >= 4 is 22.5 Å². The number of rotatable bonds is 1. The summed E-state index contributed by atoms with van der Waals surface area (Å²) in [6, 6.07) is 16.4. The van der Waals surface area contributed by atoms with Gasteiger partial charge in [0.2, 0.25) is 0 Å². The van der Waals surface area contributed by atoms with Gasteiger partial charge in [-0.05, 0) is 29.3 Å². The molecule has 92 valence electrons. The molecule has 0 spiro atoms. The highest BCUT2D eigenvalue weighted by molar-refractivity contribution is 6.31. The zero-order chi connectivity index (χ0) is 13.2. The lowest BCUT2D eigenvalue weighted by Crippen LogP contribution is -2.00. The van der Waals surface area contributed by atoms with E-state index < -0.39 is 0 Å². The third kappa shape index (κ3) is 2.33. The second-order valence-corrected chi connectivity index (χ2v) is 4.56. The summed E-state index contributed by atoms with van der Waals surface area (Å²) in [7, 11) is 0. The molecule has 0 atom stereocenters. The Hall–Kier alpha value is -2.26. The molecule has 3 nitrogen and oxygen atoms in total. The summed E-state index contributed by atoms with van der Waals surface area (Å²) in [5.41, 5.74) is 2.00. The molecule has 0 unspecified atom stereocenters. The summed E-state index contributed by atoms with van der Waals surface area (Å²) in [4.78, 5) is 11.7. The monoisotopic (exact) mass is 268 g/mol. The molecule has 3 rings (SSSR count). The fourth-order valence-corrected chi connectivity index (χ4v) is 2.17. The SMILES string of the molecule is O=c1cc(-c2ccccc2)c2cc(Cl)ccc2nn1. The van der Waals surface area contributed by atoms with E-state index in [9.17, 15) is 4.79 Å². The van der Waals surface area contributed by atoms with Gasteiger partial charge < -0.3 is 0 Å². The van der Waals surface area contributed by atoms with Crippen LogP contribution < -0.4 is 5.56 Å². The van der Waals surface area contributed by atoms with E-state index in [2.05, 4.69) is 10.2 Å². The molecule has 1 heterocycles. The highest BCUT2D eigenvalue weighted by Crippen LogP contribution is 2.27. The second kappa shape index (κ2) is 4.78. The first-order valence-corrected chi connectivity index (χ1v) is 6.14. The van der Waals surface area contributed by atoms with Gasteiger partial charge in [-0.1, -0.05) is 41.9 Å². The van der Waals surface area contributed by atoms with Crippen molar-refractivity contribution in [2.75, 3.05) is 0 Å². The van der Waals surface area contributed by atoms with Gasteiger partial charge in [-0.3, -0.25) is 4.79 Å². The Balaban J connectivity index is 2.46. The van der Waals surface area contributed by atoms with Gasteiger partial charge in [-0.2, -0.15) is 0 Å². The highest BCUT2D eigenvalue weighted by atomic mass is 35.5. The molecule has 4 heteroatoms. The third-order valence-electron chi connectivity index (χ3n) is 2.86. The van der Waals surface area contributed by atoms with E-state index >= 15 is 0 Å². The smallest absolute Gasteiger partial charge is 0.266 e. The van der Waals surface area contributed by atoms with Crippen LogP contribution in [0.5, 0.6) is 0 Å². The minimum Gasteiger partial charge on any atom is -0.266 e. The number of hydrogen-bond acceptors (Lipinski definition) is 3. The van der Waals surface area contributed by atoms with Crippen LogP contribution in [0.15, 0.2) is 59.4 Å². The Morgan fingerprint density at radius 1 is 0.895 bits per heavy atom. The van der Waals surface area contributed by atoms with Crippen LogP contribution in [0.2, 0.25) is 5.02 Å². The summed E-state index contributed by atoms with van der Waals surface area (Å²) in [6.45, 7) is 0. The summed E-state index contributed by atoms with van der Waals surface area (Å²) < 4.78 is 0. The average Bonchev–Trinajstić information content (AvgIpc) is 2.59. The second-order valence-electron chi connectivity index (χ2n) is 4.12. The van der Waals surface area contributed by atoms with Crippen LogP contribution in [-0.2, 0) is 0 Å². The van der Waals surface area contributed by atoms with Gasteiger partial charge in [0.05, 0.1) is 5.52 Å². The molecule has 0 fully saturated rings. The highest BCUT2D eigenvalue weighted by Gasteiger charge is 2.05. The lowest BCUT2D eigenvalue weighted by Gasteiger charge is -2.02. The minimum atomic E-state index is -0.369. The zero-order valence-electron chi connectivity index (χ0n) is 9.88. The maximum atomic E-state index is 11.7. The van der Waals surface area contributed by atoms with Gasteiger partial charge in [0.25, 0.3) is 5.56 Å². The molecular formula is C15H9ClN2O. The maximum Gasteiger partial charge on any atom is 0.288 e. The van der Waals surface area contributed by atoms with Crippen molar-refractivity contribution in [1.29, 1.82) is 0 Å². The fourth-order valence-electron chi connectivity index (χ4n) is 2.00. The number of nitrogens with zero attached hydrogens (tertiary/aromatic N) is 2. The first-order valence-electron chi connectivity index (χ1n) is 5.77. The van der Waals surface area contributed by atoms with E-state index in [0.29, 0.717) is 10.5 Å². The first kappa shape index (κ1) is 11.8. The van der Waals surface area contributed by atoms with Gasteiger partial charge in [-0.25, -0.2) is 0 Å². The van der Waals surface area contributed by atoms with Crippen LogP contribution in [0.3, 0.4) is 0 Å². The number of halogens is 1. The van der Waals surface area contributed by atoms with Crippen molar-refractivity contribution in [3.05, 3.63) is 70.0 Å². The van der Waals surface area contributed by atoms with Gasteiger partial charge in [0.15, 0.2) is 0 Å². The van der Waals surface area contributed by atoms with Gasteiger partial charge in [0.1, 0.15) is 0 Å². The minimum absolute atomic E-state index is 0.369. The van der Waals surface area contributed by atoms with Crippen molar-refractivity contribution in [2.45, 2.75) is 0 Å². The molecule has 1 aromatic heterocycles. The summed E-state index contributed by atoms with van der Waals surface area (Å²) in [5.74, 6) is 0. The standard InChI is InChI=1S/C15H9ClN2O/c16-11-6-7-14-13(8-11)12(9-15(19)18-17-14)10-4-2-1-3-5-10/h1-9H. The van der Waals surface area contributed by atoms with Crippen molar-refractivity contribution in [3.8, 4) is 11.1 Å². The van der Waals surface area contributed by atoms with Gasteiger partial charge >= 0.3 is 0 Å².